The predicted octanol–water partition coefficient (Wildman–Crippen LogP) is 8.22. The van der Waals surface area contributed by atoms with Crippen molar-refractivity contribution in [1.82, 2.24) is 0 Å². The second-order valence-corrected chi connectivity index (χ2v) is 9.26. The van der Waals surface area contributed by atoms with Crippen LogP contribution in [0.4, 0.5) is 8.78 Å². The highest BCUT2D eigenvalue weighted by molar-refractivity contribution is 5.27. The maximum atomic E-state index is 13.5. The van der Waals surface area contributed by atoms with Crippen LogP contribution in [0.5, 0.6) is 0 Å². The Bertz CT molecular complexity index is 954. The van der Waals surface area contributed by atoms with E-state index in [4.69, 9.17) is 0 Å². The molecule has 0 heterocycles. The predicted molar refractivity (Wildman–Crippen MR) is 124 cm³/mol. The molecule has 3 aromatic carbocycles. The van der Waals surface area contributed by atoms with Gasteiger partial charge >= 0.3 is 0 Å². The molecule has 0 N–H and O–H groups in total. The lowest BCUT2D eigenvalue weighted by atomic mass is 9.77. The number of rotatable bonds is 7. The molecule has 0 amide bonds. The third-order valence-corrected chi connectivity index (χ3v) is 7.04. The Labute approximate surface area is 185 Å². The Morgan fingerprint density at radius 3 is 2.13 bits per heavy atom. The van der Waals surface area contributed by atoms with Gasteiger partial charge in [0.15, 0.2) is 11.6 Å². The summed E-state index contributed by atoms with van der Waals surface area (Å²) in [5.74, 6) is 0.160. The number of halogens is 2. The van der Waals surface area contributed by atoms with Gasteiger partial charge < -0.3 is 0 Å². The summed E-state index contributed by atoms with van der Waals surface area (Å²) in [5, 5.41) is 0. The van der Waals surface area contributed by atoms with Crippen molar-refractivity contribution in [2.45, 2.75) is 63.7 Å². The van der Waals surface area contributed by atoms with Gasteiger partial charge in [-0.15, -0.1) is 0 Å². The van der Waals surface area contributed by atoms with Gasteiger partial charge in [-0.2, -0.15) is 0 Å². The number of hydrogen-bond acceptors (Lipinski definition) is 0. The largest absolute Gasteiger partial charge is 0.204 e. The van der Waals surface area contributed by atoms with Crippen LogP contribution in [0.1, 0.15) is 73.1 Å². The molecule has 2 heteroatoms. The summed E-state index contributed by atoms with van der Waals surface area (Å²) >= 11 is 0. The molecule has 1 aliphatic carbocycles. The van der Waals surface area contributed by atoms with E-state index in [9.17, 15) is 8.78 Å². The Morgan fingerprint density at radius 1 is 0.774 bits per heavy atom. The van der Waals surface area contributed by atoms with Gasteiger partial charge in [-0.3, -0.25) is 0 Å². The van der Waals surface area contributed by atoms with E-state index in [1.165, 1.54) is 48.1 Å². The van der Waals surface area contributed by atoms with Crippen molar-refractivity contribution in [3.63, 3.8) is 0 Å². The van der Waals surface area contributed by atoms with Crippen molar-refractivity contribution < 1.29 is 8.78 Å². The molecule has 0 bridgehead atoms. The second kappa shape index (κ2) is 10.2. The zero-order chi connectivity index (χ0) is 21.6. The summed E-state index contributed by atoms with van der Waals surface area (Å²) in [6.45, 7) is 2.29. The minimum Gasteiger partial charge on any atom is -0.204 e. The van der Waals surface area contributed by atoms with Crippen molar-refractivity contribution in [1.29, 1.82) is 0 Å². The van der Waals surface area contributed by atoms with E-state index < -0.39 is 11.6 Å². The molecule has 1 atom stereocenters. The topological polar surface area (TPSA) is 0 Å². The van der Waals surface area contributed by atoms with Gasteiger partial charge in [0.05, 0.1) is 0 Å². The first-order chi connectivity index (χ1) is 15.1. The summed E-state index contributed by atoms with van der Waals surface area (Å²) in [6, 6.07) is 24.3. The first-order valence-electron chi connectivity index (χ1n) is 11.7. The summed E-state index contributed by atoms with van der Waals surface area (Å²) in [4.78, 5) is 0. The van der Waals surface area contributed by atoms with E-state index in [0.717, 1.165) is 37.2 Å². The zero-order valence-electron chi connectivity index (χ0n) is 18.4. The molecule has 0 aromatic heterocycles. The van der Waals surface area contributed by atoms with Gasteiger partial charge in [0.1, 0.15) is 0 Å². The fraction of sp³-hybridized carbons (Fsp3) is 0.379. The molecule has 1 saturated carbocycles. The van der Waals surface area contributed by atoms with Gasteiger partial charge in [-0.1, -0.05) is 67.6 Å². The van der Waals surface area contributed by atoms with E-state index in [2.05, 4.69) is 61.5 Å². The Balaban J connectivity index is 1.23. The molecule has 1 aliphatic rings. The summed E-state index contributed by atoms with van der Waals surface area (Å²) in [5.41, 5.74) is 5.16. The SMILES string of the molecule is CC(Cc1ccc(CCC2CCC(c3ccc(F)c(F)c3)CC2)cc1)c1ccccc1. The number of aryl methyl sites for hydroxylation is 1. The van der Waals surface area contributed by atoms with E-state index >= 15 is 0 Å². The summed E-state index contributed by atoms with van der Waals surface area (Å²) in [6.07, 6.45) is 7.91. The van der Waals surface area contributed by atoms with Crippen LogP contribution in [0, 0.1) is 17.6 Å². The smallest absolute Gasteiger partial charge is 0.159 e. The van der Waals surface area contributed by atoms with E-state index in [-0.39, 0.29) is 0 Å². The van der Waals surface area contributed by atoms with Crippen molar-refractivity contribution in [3.05, 3.63) is 107 Å². The fourth-order valence-electron chi connectivity index (χ4n) is 5.02. The van der Waals surface area contributed by atoms with Crippen LogP contribution in [-0.2, 0) is 12.8 Å². The third-order valence-electron chi connectivity index (χ3n) is 7.04. The highest BCUT2D eigenvalue weighted by Crippen LogP contribution is 2.37. The third kappa shape index (κ3) is 5.81. The highest BCUT2D eigenvalue weighted by Gasteiger charge is 2.23. The first-order valence-corrected chi connectivity index (χ1v) is 11.7. The molecular weight excluding hydrogens is 386 g/mol. The average Bonchev–Trinajstić information content (AvgIpc) is 2.81. The summed E-state index contributed by atoms with van der Waals surface area (Å²) in [7, 11) is 0. The quantitative estimate of drug-likeness (QED) is 0.362. The van der Waals surface area contributed by atoms with Crippen molar-refractivity contribution in [2.75, 3.05) is 0 Å². The van der Waals surface area contributed by atoms with Crippen molar-refractivity contribution in [2.24, 2.45) is 5.92 Å². The van der Waals surface area contributed by atoms with Crippen LogP contribution in [0.25, 0.3) is 0 Å². The maximum Gasteiger partial charge on any atom is 0.159 e. The molecule has 162 valence electrons. The monoisotopic (exact) mass is 418 g/mol. The van der Waals surface area contributed by atoms with Gasteiger partial charge in [0.25, 0.3) is 0 Å². The molecule has 1 fully saturated rings. The molecule has 0 spiro atoms. The molecule has 0 saturated heterocycles. The molecule has 0 nitrogen and oxygen atoms in total. The molecule has 31 heavy (non-hydrogen) atoms. The maximum absolute atomic E-state index is 13.5. The molecule has 3 aromatic rings. The highest BCUT2D eigenvalue weighted by atomic mass is 19.2. The molecule has 0 radical (unpaired) electrons. The second-order valence-electron chi connectivity index (χ2n) is 9.26. The van der Waals surface area contributed by atoms with Crippen molar-refractivity contribution >= 4 is 0 Å². The average molecular weight is 419 g/mol. The number of benzene rings is 3. The van der Waals surface area contributed by atoms with Gasteiger partial charge in [-0.25, -0.2) is 8.78 Å². The first kappa shape index (κ1) is 21.7. The lowest BCUT2D eigenvalue weighted by molar-refractivity contribution is 0.310. The molecular formula is C29H32F2. The standard InChI is InChI=1S/C29H32F2/c1-21(25-5-3-2-4-6-25)19-24-11-9-22(10-12-24)7-8-23-13-15-26(16-14-23)27-17-18-28(30)29(31)20-27/h2-6,9-12,17-18,20-21,23,26H,7-8,13-16,19H2,1H3. The van der Waals surface area contributed by atoms with Crippen LogP contribution in [0.15, 0.2) is 72.8 Å². The minimum absolute atomic E-state index is 0.372. The summed E-state index contributed by atoms with van der Waals surface area (Å²) < 4.78 is 26.7. The fourth-order valence-corrected chi connectivity index (χ4v) is 5.02. The number of hydrogen-bond donors (Lipinski definition) is 0. The molecule has 4 rings (SSSR count). The minimum atomic E-state index is -0.752. The van der Waals surface area contributed by atoms with Crippen LogP contribution in [-0.4, -0.2) is 0 Å². The van der Waals surface area contributed by atoms with Crippen LogP contribution in [0.2, 0.25) is 0 Å². The van der Waals surface area contributed by atoms with E-state index in [0.29, 0.717) is 11.8 Å². The lowest BCUT2D eigenvalue weighted by Crippen LogP contribution is -2.14. The normalized spacial score (nSPS) is 19.8. The molecule has 0 aliphatic heterocycles. The van der Waals surface area contributed by atoms with E-state index in [1.807, 2.05) is 0 Å². The van der Waals surface area contributed by atoms with Crippen LogP contribution in [0.3, 0.4) is 0 Å². The Morgan fingerprint density at radius 2 is 1.45 bits per heavy atom. The Kier molecular flexibility index (Phi) is 7.17. The van der Waals surface area contributed by atoms with Crippen molar-refractivity contribution in [3.8, 4) is 0 Å². The van der Waals surface area contributed by atoms with Gasteiger partial charge in [0, 0.05) is 0 Å². The lowest BCUT2D eigenvalue weighted by Gasteiger charge is -2.29. The van der Waals surface area contributed by atoms with Crippen LogP contribution >= 0.6 is 0 Å². The van der Waals surface area contributed by atoms with E-state index in [1.54, 1.807) is 6.07 Å². The zero-order valence-corrected chi connectivity index (χ0v) is 18.4. The Hall–Kier alpha value is -2.48. The molecule has 1 unspecified atom stereocenters. The van der Waals surface area contributed by atoms with Gasteiger partial charge in [-0.05, 0) is 97.1 Å². The van der Waals surface area contributed by atoms with Gasteiger partial charge in [0.2, 0.25) is 0 Å². The van der Waals surface area contributed by atoms with Crippen LogP contribution < -0.4 is 0 Å².